The number of piperidine rings is 1. The molecule has 2 heterocycles. The molecular formula is C16H25N3O. The summed E-state index contributed by atoms with van der Waals surface area (Å²) in [4.78, 5) is 18.6. The third-order valence-electron chi connectivity index (χ3n) is 4.21. The summed E-state index contributed by atoms with van der Waals surface area (Å²) < 4.78 is 0. The summed E-state index contributed by atoms with van der Waals surface area (Å²) in [6.07, 6.45) is 6.38. The molecule has 1 saturated heterocycles. The largest absolute Gasteiger partial charge is 0.352 e. The summed E-state index contributed by atoms with van der Waals surface area (Å²) >= 11 is 0. The summed E-state index contributed by atoms with van der Waals surface area (Å²) in [5.74, 6) is 0.174. The molecule has 1 aliphatic heterocycles. The Hall–Kier alpha value is -1.42. The molecule has 1 aromatic heterocycles. The molecule has 0 aromatic carbocycles. The molecule has 2 atom stereocenters. The van der Waals surface area contributed by atoms with Crippen LogP contribution in [-0.2, 0) is 11.2 Å². The van der Waals surface area contributed by atoms with Gasteiger partial charge in [-0.1, -0.05) is 6.07 Å². The van der Waals surface area contributed by atoms with Crippen LogP contribution < -0.4 is 5.32 Å². The molecule has 1 aliphatic rings. The second kappa shape index (κ2) is 7.39. The quantitative estimate of drug-likeness (QED) is 0.894. The number of aromatic nitrogens is 1. The predicted molar refractivity (Wildman–Crippen MR) is 80.4 cm³/mol. The third-order valence-corrected chi connectivity index (χ3v) is 4.21. The van der Waals surface area contributed by atoms with Gasteiger partial charge in [-0.05, 0) is 58.3 Å². The molecule has 0 spiro atoms. The highest BCUT2D eigenvalue weighted by molar-refractivity contribution is 5.76. The van der Waals surface area contributed by atoms with Crippen molar-refractivity contribution < 1.29 is 4.79 Å². The molecule has 1 N–H and O–H groups in total. The normalized spacial score (nSPS) is 23.5. The van der Waals surface area contributed by atoms with E-state index in [1.807, 2.05) is 18.2 Å². The standard InChI is InChI=1S/C16H25N3O/c1-13-15(9-6-12-19(13)2)18-16(20)10-5-8-14-7-3-4-11-17-14/h3-4,7,11,13,15H,5-6,8-10,12H2,1-2H3,(H,18,20)/t13-,15+/m0/s1. The van der Waals surface area contributed by atoms with Gasteiger partial charge in [-0.2, -0.15) is 0 Å². The van der Waals surface area contributed by atoms with E-state index in [0.29, 0.717) is 18.5 Å². The highest BCUT2D eigenvalue weighted by Gasteiger charge is 2.26. The Morgan fingerprint density at radius 2 is 2.35 bits per heavy atom. The summed E-state index contributed by atoms with van der Waals surface area (Å²) in [7, 11) is 2.13. The van der Waals surface area contributed by atoms with Gasteiger partial charge in [0.05, 0.1) is 0 Å². The van der Waals surface area contributed by atoms with E-state index in [0.717, 1.165) is 31.5 Å². The molecule has 110 valence electrons. The first-order chi connectivity index (χ1) is 9.66. The monoisotopic (exact) mass is 275 g/mol. The van der Waals surface area contributed by atoms with Gasteiger partial charge in [0.15, 0.2) is 0 Å². The highest BCUT2D eigenvalue weighted by Crippen LogP contribution is 2.15. The molecule has 2 rings (SSSR count). The minimum absolute atomic E-state index is 0.174. The van der Waals surface area contributed by atoms with Gasteiger partial charge in [-0.3, -0.25) is 9.78 Å². The number of likely N-dealkylation sites (N-methyl/N-ethyl adjacent to an activating group) is 1. The zero-order chi connectivity index (χ0) is 14.4. The van der Waals surface area contributed by atoms with Crippen LogP contribution in [0.4, 0.5) is 0 Å². The first kappa shape index (κ1) is 15.0. The summed E-state index contributed by atoms with van der Waals surface area (Å²) in [5.41, 5.74) is 1.06. The average molecular weight is 275 g/mol. The number of pyridine rings is 1. The minimum atomic E-state index is 0.174. The lowest BCUT2D eigenvalue weighted by molar-refractivity contribution is -0.122. The molecule has 0 radical (unpaired) electrons. The van der Waals surface area contributed by atoms with Gasteiger partial charge in [0.25, 0.3) is 0 Å². The Kier molecular flexibility index (Phi) is 5.53. The molecule has 4 heteroatoms. The maximum atomic E-state index is 12.0. The zero-order valence-electron chi connectivity index (χ0n) is 12.5. The van der Waals surface area contributed by atoms with Gasteiger partial charge in [0.2, 0.25) is 5.91 Å². The molecule has 20 heavy (non-hydrogen) atoms. The van der Waals surface area contributed by atoms with Gasteiger partial charge >= 0.3 is 0 Å². The van der Waals surface area contributed by atoms with Crippen molar-refractivity contribution >= 4 is 5.91 Å². The van der Waals surface area contributed by atoms with Gasteiger partial charge < -0.3 is 10.2 Å². The van der Waals surface area contributed by atoms with E-state index in [1.54, 1.807) is 6.20 Å². The summed E-state index contributed by atoms with van der Waals surface area (Å²) in [6.45, 7) is 3.32. The fourth-order valence-corrected chi connectivity index (χ4v) is 2.76. The van der Waals surface area contributed by atoms with E-state index >= 15 is 0 Å². The number of rotatable bonds is 5. The van der Waals surface area contributed by atoms with E-state index in [2.05, 4.69) is 29.2 Å². The summed E-state index contributed by atoms with van der Waals surface area (Å²) in [6, 6.07) is 6.65. The van der Waals surface area contributed by atoms with E-state index in [9.17, 15) is 4.79 Å². The van der Waals surface area contributed by atoms with Crippen LogP contribution in [0.1, 0.15) is 38.3 Å². The van der Waals surface area contributed by atoms with Crippen LogP contribution in [0, 0.1) is 0 Å². The summed E-state index contributed by atoms with van der Waals surface area (Å²) in [5, 5.41) is 3.18. The van der Waals surface area contributed by atoms with Crippen molar-refractivity contribution in [3.63, 3.8) is 0 Å². The second-order valence-electron chi connectivity index (χ2n) is 5.71. The molecule has 1 fully saturated rings. The van der Waals surface area contributed by atoms with E-state index in [4.69, 9.17) is 0 Å². The van der Waals surface area contributed by atoms with Crippen molar-refractivity contribution in [2.45, 2.75) is 51.1 Å². The van der Waals surface area contributed by atoms with Gasteiger partial charge in [0, 0.05) is 30.4 Å². The van der Waals surface area contributed by atoms with E-state index < -0.39 is 0 Å². The van der Waals surface area contributed by atoms with Crippen molar-refractivity contribution in [3.05, 3.63) is 30.1 Å². The Morgan fingerprint density at radius 1 is 1.50 bits per heavy atom. The number of hydrogen-bond donors (Lipinski definition) is 1. The lowest BCUT2D eigenvalue weighted by Crippen LogP contribution is -2.52. The zero-order valence-corrected chi connectivity index (χ0v) is 12.5. The number of aryl methyl sites for hydroxylation is 1. The molecule has 0 bridgehead atoms. The molecule has 1 amide bonds. The molecule has 0 unspecified atom stereocenters. The lowest BCUT2D eigenvalue weighted by Gasteiger charge is -2.37. The molecule has 0 aliphatic carbocycles. The molecule has 0 saturated carbocycles. The number of carbonyl (C=O) groups excluding carboxylic acids is 1. The molecule has 4 nitrogen and oxygen atoms in total. The van der Waals surface area contributed by atoms with Crippen molar-refractivity contribution in [1.82, 2.24) is 15.2 Å². The number of amides is 1. The van der Waals surface area contributed by atoms with Crippen LogP contribution in [0.15, 0.2) is 24.4 Å². The number of likely N-dealkylation sites (tertiary alicyclic amines) is 1. The Balaban J connectivity index is 1.70. The van der Waals surface area contributed by atoms with Crippen molar-refractivity contribution in [2.24, 2.45) is 0 Å². The van der Waals surface area contributed by atoms with Crippen molar-refractivity contribution in [3.8, 4) is 0 Å². The fourth-order valence-electron chi connectivity index (χ4n) is 2.76. The van der Waals surface area contributed by atoms with Crippen LogP contribution in [0.5, 0.6) is 0 Å². The number of nitrogens with zero attached hydrogens (tertiary/aromatic N) is 2. The first-order valence-corrected chi connectivity index (χ1v) is 7.56. The first-order valence-electron chi connectivity index (χ1n) is 7.56. The number of hydrogen-bond acceptors (Lipinski definition) is 3. The van der Waals surface area contributed by atoms with Crippen LogP contribution in [0.3, 0.4) is 0 Å². The average Bonchev–Trinajstić information content (AvgIpc) is 2.45. The third kappa shape index (κ3) is 4.30. The second-order valence-corrected chi connectivity index (χ2v) is 5.71. The van der Waals surface area contributed by atoms with E-state index in [-0.39, 0.29) is 5.91 Å². The molecular weight excluding hydrogens is 250 g/mol. The highest BCUT2D eigenvalue weighted by atomic mass is 16.1. The van der Waals surface area contributed by atoms with Gasteiger partial charge in [0.1, 0.15) is 0 Å². The van der Waals surface area contributed by atoms with Crippen LogP contribution in [0.25, 0.3) is 0 Å². The van der Waals surface area contributed by atoms with E-state index in [1.165, 1.54) is 6.42 Å². The lowest BCUT2D eigenvalue weighted by atomic mass is 9.98. The minimum Gasteiger partial charge on any atom is -0.352 e. The predicted octanol–water partition coefficient (Wildman–Crippen LogP) is 2.00. The van der Waals surface area contributed by atoms with Crippen LogP contribution in [-0.4, -0.2) is 41.5 Å². The van der Waals surface area contributed by atoms with Gasteiger partial charge in [-0.15, -0.1) is 0 Å². The van der Waals surface area contributed by atoms with Crippen LogP contribution in [0.2, 0.25) is 0 Å². The maximum absolute atomic E-state index is 12.0. The molecule has 1 aromatic rings. The maximum Gasteiger partial charge on any atom is 0.220 e. The van der Waals surface area contributed by atoms with Crippen molar-refractivity contribution in [2.75, 3.05) is 13.6 Å². The SMILES string of the molecule is C[C@H]1[C@H](NC(=O)CCCc2ccccn2)CCCN1C. The Bertz CT molecular complexity index is 421. The van der Waals surface area contributed by atoms with Crippen LogP contribution >= 0.6 is 0 Å². The Morgan fingerprint density at radius 3 is 3.10 bits per heavy atom. The topological polar surface area (TPSA) is 45.2 Å². The smallest absolute Gasteiger partial charge is 0.220 e. The van der Waals surface area contributed by atoms with Gasteiger partial charge in [-0.25, -0.2) is 0 Å². The number of nitrogens with one attached hydrogen (secondary N) is 1. The fraction of sp³-hybridized carbons (Fsp3) is 0.625. The Labute approximate surface area is 121 Å². The van der Waals surface area contributed by atoms with Crippen molar-refractivity contribution in [1.29, 1.82) is 0 Å². The number of carbonyl (C=O) groups is 1.